The zero-order valence-corrected chi connectivity index (χ0v) is 18.2. The Morgan fingerprint density at radius 3 is 2.34 bits per heavy atom. The highest BCUT2D eigenvalue weighted by molar-refractivity contribution is 6.04. The van der Waals surface area contributed by atoms with Crippen LogP contribution in [0.1, 0.15) is 18.9 Å². The van der Waals surface area contributed by atoms with Gasteiger partial charge in [0.05, 0.1) is 18.2 Å². The number of aryl methyl sites for hydroxylation is 1. The third-order valence-corrected chi connectivity index (χ3v) is 5.33. The van der Waals surface area contributed by atoms with Crippen molar-refractivity contribution in [2.45, 2.75) is 20.3 Å². The second kappa shape index (κ2) is 9.56. The molecule has 0 spiro atoms. The molecule has 1 atom stereocenters. The molecule has 1 fully saturated rings. The summed E-state index contributed by atoms with van der Waals surface area (Å²) in [6.07, 6.45) is 0.168. The van der Waals surface area contributed by atoms with E-state index < -0.39 is 5.92 Å². The predicted molar refractivity (Wildman–Crippen MR) is 124 cm³/mol. The molecule has 1 aliphatic heterocycles. The summed E-state index contributed by atoms with van der Waals surface area (Å²) in [5.74, 6) is 1.39. The lowest BCUT2D eigenvalue weighted by atomic mass is 10.1. The van der Waals surface area contributed by atoms with Crippen LogP contribution >= 0.6 is 0 Å². The minimum Gasteiger partial charge on any atom is -0.492 e. The van der Waals surface area contributed by atoms with E-state index in [0.717, 1.165) is 5.75 Å². The van der Waals surface area contributed by atoms with E-state index in [2.05, 4.69) is 5.32 Å². The molecule has 1 N–H and O–H groups in total. The molecule has 0 aromatic heterocycles. The fourth-order valence-electron chi connectivity index (χ4n) is 3.67. The fraction of sp³-hybridized carbons (Fsp3) is 0.231. The van der Waals surface area contributed by atoms with Gasteiger partial charge in [-0.1, -0.05) is 29.8 Å². The quantitative estimate of drug-likeness (QED) is 0.561. The minimum absolute atomic E-state index is 0.0841. The van der Waals surface area contributed by atoms with E-state index in [-0.39, 0.29) is 18.2 Å². The number of carbonyl (C=O) groups excluding carboxylic acids is 2. The maximum atomic E-state index is 12.8. The van der Waals surface area contributed by atoms with Gasteiger partial charge in [0.15, 0.2) is 0 Å². The Balaban J connectivity index is 1.38. The van der Waals surface area contributed by atoms with Crippen LogP contribution in [0, 0.1) is 12.8 Å². The number of nitrogens with zero attached hydrogens (tertiary/aromatic N) is 1. The molecule has 0 bridgehead atoms. The normalized spacial score (nSPS) is 15.5. The molecule has 0 radical (unpaired) electrons. The molecule has 6 heteroatoms. The molecule has 0 unspecified atom stereocenters. The van der Waals surface area contributed by atoms with E-state index in [0.29, 0.717) is 36.0 Å². The van der Waals surface area contributed by atoms with Gasteiger partial charge < -0.3 is 19.7 Å². The van der Waals surface area contributed by atoms with Crippen LogP contribution in [0.4, 0.5) is 11.4 Å². The summed E-state index contributed by atoms with van der Waals surface area (Å²) in [5.41, 5.74) is 2.53. The van der Waals surface area contributed by atoms with E-state index >= 15 is 0 Å². The molecule has 0 aliphatic carbocycles. The second-order valence-electron chi connectivity index (χ2n) is 7.73. The van der Waals surface area contributed by atoms with Gasteiger partial charge >= 0.3 is 0 Å². The maximum absolute atomic E-state index is 12.8. The van der Waals surface area contributed by atoms with Crippen molar-refractivity contribution >= 4 is 23.2 Å². The molecule has 1 heterocycles. The third kappa shape index (κ3) is 4.91. The molecular formula is C26H26N2O4. The largest absolute Gasteiger partial charge is 0.492 e. The number of rotatable bonds is 7. The maximum Gasteiger partial charge on any atom is 0.229 e. The van der Waals surface area contributed by atoms with E-state index in [1.807, 2.05) is 62.4 Å². The van der Waals surface area contributed by atoms with Crippen LogP contribution in [0.2, 0.25) is 0 Å². The molecule has 0 saturated carbocycles. The summed E-state index contributed by atoms with van der Waals surface area (Å²) in [7, 11) is 0. The van der Waals surface area contributed by atoms with Gasteiger partial charge in [0.1, 0.15) is 17.2 Å². The Hall–Kier alpha value is -3.80. The first-order valence-electron chi connectivity index (χ1n) is 10.7. The Bertz CT molecular complexity index is 1090. The van der Waals surface area contributed by atoms with Crippen molar-refractivity contribution in [1.82, 2.24) is 0 Å². The van der Waals surface area contributed by atoms with Crippen LogP contribution in [-0.4, -0.2) is 25.0 Å². The molecule has 3 aromatic rings. The lowest BCUT2D eigenvalue weighted by molar-refractivity contribution is -0.122. The third-order valence-electron chi connectivity index (χ3n) is 5.33. The van der Waals surface area contributed by atoms with Crippen molar-refractivity contribution in [3.8, 4) is 17.2 Å². The van der Waals surface area contributed by atoms with Crippen molar-refractivity contribution < 1.29 is 19.1 Å². The number of ether oxygens (including phenoxy) is 2. The van der Waals surface area contributed by atoms with Crippen LogP contribution in [0.3, 0.4) is 0 Å². The summed E-state index contributed by atoms with van der Waals surface area (Å²) < 4.78 is 11.5. The van der Waals surface area contributed by atoms with Gasteiger partial charge in [-0.2, -0.15) is 0 Å². The first kappa shape index (κ1) is 21.4. The van der Waals surface area contributed by atoms with Crippen LogP contribution in [-0.2, 0) is 9.59 Å². The molecule has 164 valence electrons. The minimum atomic E-state index is -0.430. The molecule has 32 heavy (non-hydrogen) atoms. The average Bonchev–Trinajstić information content (AvgIpc) is 3.19. The van der Waals surface area contributed by atoms with E-state index in [1.165, 1.54) is 5.56 Å². The van der Waals surface area contributed by atoms with Crippen molar-refractivity contribution in [3.05, 3.63) is 78.4 Å². The molecule has 1 saturated heterocycles. The number of hydrogen-bond acceptors (Lipinski definition) is 4. The smallest absolute Gasteiger partial charge is 0.229 e. The molecule has 4 rings (SSSR count). The summed E-state index contributed by atoms with van der Waals surface area (Å²) >= 11 is 0. The molecular weight excluding hydrogens is 404 g/mol. The van der Waals surface area contributed by atoms with Crippen LogP contribution in [0.5, 0.6) is 17.2 Å². The Labute approximate surface area is 187 Å². The SMILES string of the molecule is CCOc1ccccc1N1C[C@@H](C(=O)Nc2ccc(Oc3ccc(C)cc3)cc2)CC1=O. The van der Waals surface area contributed by atoms with Crippen molar-refractivity contribution in [3.63, 3.8) is 0 Å². The second-order valence-corrected chi connectivity index (χ2v) is 7.73. The number of hydrogen-bond donors (Lipinski definition) is 1. The number of benzene rings is 3. The Kier molecular flexibility index (Phi) is 6.40. The van der Waals surface area contributed by atoms with Gasteiger partial charge in [0, 0.05) is 18.7 Å². The highest BCUT2D eigenvalue weighted by Gasteiger charge is 2.36. The van der Waals surface area contributed by atoms with Gasteiger partial charge in [0.25, 0.3) is 0 Å². The lowest BCUT2D eigenvalue weighted by Gasteiger charge is -2.20. The average molecular weight is 431 g/mol. The molecule has 2 amide bonds. The molecule has 1 aliphatic rings. The Morgan fingerprint density at radius 1 is 1.00 bits per heavy atom. The van der Waals surface area contributed by atoms with Crippen LogP contribution < -0.4 is 19.7 Å². The first-order chi connectivity index (χ1) is 15.5. The van der Waals surface area contributed by atoms with Crippen molar-refractivity contribution in [2.75, 3.05) is 23.4 Å². The number of anilines is 2. The number of para-hydroxylation sites is 2. The summed E-state index contributed by atoms with van der Waals surface area (Å²) in [6.45, 7) is 4.75. The first-order valence-corrected chi connectivity index (χ1v) is 10.7. The van der Waals surface area contributed by atoms with Gasteiger partial charge in [-0.25, -0.2) is 0 Å². The van der Waals surface area contributed by atoms with E-state index in [9.17, 15) is 9.59 Å². The summed E-state index contributed by atoms with van der Waals surface area (Å²) in [6, 6.07) is 22.4. The summed E-state index contributed by atoms with van der Waals surface area (Å²) in [5, 5.41) is 2.91. The van der Waals surface area contributed by atoms with Gasteiger partial charge in [-0.05, 0) is 62.4 Å². The van der Waals surface area contributed by atoms with Gasteiger partial charge in [0.2, 0.25) is 11.8 Å². The highest BCUT2D eigenvalue weighted by atomic mass is 16.5. The van der Waals surface area contributed by atoms with Crippen molar-refractivity contribution in [1.29, 1.82) is 0 Å². The standard InChI is InChI=1S/C26H26N2O4/c1-3-31-24-7-5-4-6-23(24)28-17-19(16-25(28)29)26(30)27-20-10-14-22(15-11-20)32-21-12-8-18(2)9-13-21/h4-15,19H,3,16-17H2,1-2H3,(H,27,30)/t19-/m0/s1. The predicted octanol–water partition coefficient (Wildman–Crippen LogP) is 5.18. The highest BCUT2D eigenvalue weighted by Crippen LogP contribution is 2.33. The number of carbonyl (C=O) groups is 2. The fourth-order valence-corrected chi connectivity index (χ4v) is 3.67. The molecule has 3 aromatic carbocycles. The topological polar surface area (TPSA) is 67.9 Å². The van der Waals surface area contributed by atoms with Crippen LogP contribution in [0.25, 0.3) is 0 Å². The number of amides is 2. The van der Waals surface area contributed by atoms with E-state index in [4.69, 9.17) is 9.47 Å². The Morgan fingerprint density at radius 2 is 1.66 bits per heavy atom. The van der Waals surface area contributed by atoms with Crippen molar-refractivity contribution in [2.24, 2.45) is 5.92 Å². The number of nitrogens with one attached hydrogen (secondary N) is 1. The van der Waals surface area contributed by atoms with E-state index in [1.54, 1.807) is 29.2 Å². The summed E-state index contributed by atoms with van der Waals surface area (Å²) in [4.78, 5) is 27.0. The zero-order chi connectivity index (χ0) is 22.5. The zero-order valence-electron chi connectivity index (χ0n) is 18.2. The van der Waals surface area contributed by atoms with Gasteiger partial charge in [-0.3, -0.25) is 9.59 Å². The monoisotopic (exact) mass is 430 g/mol. The van der Waals surface area contributed by atoms with Crippen LogP contribution in [0.15, 0.2) is 72.8 Å². The molecule has 6 nitrogen and oxygen atoms in total. The lowest BCUT2D eigenvalue weighted by Crippen LogP contribution is -2.28. The van der Waals surface area contributed by atoms with Gasteiger partial charge in [-0.15, -0.1) is 0 Å².